The molecule has 7 nitrogen and oxygen atoms in total. The summed E-state index contributed by atoms with van der Waals surface area (Å²) in [4.78, 5) is 32.4. The molecule has 2 aromatic carbocycles. The van der Waals surface area contributed by atoms with Crippen molar-refractivity contribution in [3.63, 3.8) is 0 Å². The van der Waals surface area contributed by atoms with Crippen LogP contribution in [0.4, 0.5) is 11.6 Å². The van der Waals surface area contributed by atoms with Gasteiger partial charge >= 0.3 is 0 Å². The van der Waals surface area contributed by atoms with Gasteiger partial charge in [-0.1, -0.05) is 19.1 Å². The first-order chi connectivity index (χ1) is 14.0. The monoisotopic (exact) mass is 389 g/mol. The summed E-state index contributed by atoms with van der Waals surface area (Å²) in [5.41, 5.74) is 9.53. The number of amides is 2. The predicted octanol–water partition coefficient (Wildman–Crippen LogP) is 3.43. The predicted molar refractivity (Wildman–Crippen MR) is 113 cm³/mol. The van der Waals surface area contributed by atoms with Gasteiger partial charge in [0.2, 0.25) is 11.9 Å². The van der Waals surface area contributed by atoms with Crippen LogP contribution in [0.25, 0.3) is 11.3 Å². The van der Waals surface area contributed by atoms with E-state index in [2.05, 4.69) is 20.6 Å². The smallest absolute Gasteiger partial charge is 0.251 e. The molecule has 0 unspecified atom stereocenters. The average molecular weight is 389 g/mol. The highest BCUT2D eigenvalue weighted by Crippen LogP contribution is 2.25. The summed E-state index contributed by atoms with van der Waals surface area (Å²) in [7, 11) is 0. The molecule has 0 spiro atoms. The summed E-state index contributed by atoms with van der Waals surface area (Å²) in [6.07, 6.45) is 2.54. The Bertz CT molecular complexity index is 1030. The number of rotatable bonds is 7. The molecule has 3 aromatic rings. The van der Waals surface area contributed by atoms with E-state index in [1.54, 1.807) is 48.7 Å². The minimum atomic E-state index is -0.472. The van der Waals surface area contributed by atoms with Gasteiger partial charge < -0.3 is 16.4 Å². The van der Waals surface area contributed by atoms with Gasteiger partial charge in [0.05, 0.1) is 5.69 Å². The normalized spacial score (nSPS) is 10.4. The molecule has 0 radical (unpaired) electrons. The van der Waals surface area contributed by atoms with E-state index in [4.69, 9.17) is 5.73 Å². The van der Waals surface area contributed by atoms with Gasteiger partial charge in [-0.05, 0) is 55.3 Å². The molecule has 1 aromatic heterocycles. The number of nitrogens with zero attached hydrogens (tertiary/aromatic N) is 2. The number of benzene rings is 2. The Balaban J connectivity index is 1.80. The maximum Gasteiger partial charge on any atom is 0.251 e. The van der Waals surface area contributed by atoms with Crippen molar-refractivity contribution in [3.8, 4) is 11.3 Å². The first-order valence-electron chi connectivity index (χ1n) is 9.37. The number of carbonyl (C=O) groups excluding carboxylic acids is 2. The fourth-order valence-electron chi connectivity index (χ4n) is 2.92. The van der Waals surface area contributed by atoms with Gasteiger partial charge in [0.15, 0.2) is 0 Å². The van der Waals surface area contributed by atoms with Gasteiger partial charge in [0.25, 0.3) is 5.91 Å². The van der Waals surface area contributed by atoms with Crippen LogP contribution < -0.4 is 16.4 Å². The van der Waals surface area contributed by atoms with Crippen LogP contribution in [-0.4, -0.2) is 28.3 Å². The van der Waals surface area contributed by atoms with Crippen molar-refractivity contribution in [1.29, 1.82) is 0 Å². The first-order valence-corrected chi connectivity index (χ1v) is 9.37. The Kier molecular flexibility index (Phi) is 6.19. The maximum absolute atomic E-state index is 12.0. The van der Waals surface area contributed by atoms with Crippen LogP contribution in [0, 0.1) is 6.92 Å². The highest BCUT2D eigenvalue weighted by molar-refractivity contribution is 5.96. The van der Waals surface area contributed by atoms with E-state index in [1.165, 1.54) is 0 Å². The van der Waals surface area contributed by atoms with Crippen molar-refractivity contribution in [2.45, 2.75) is 20.3 Å². The lowest BCUT2D eigenvalue weighted by molar-refractivity contribution is 0.0952. The highest BCUT2D eigenvalue weighted by atomic mass is 16.2. The van der Waals surface area contributed by atoms with Gasteiger partial charge in [-0.3, -0.25) is 9.59 Å². The van der Waals surface area contributed by atoms with Crippen molar-refractivity contribution in [2.24, 2.45) is 5.73 Å². The van der Waals surface area contributed by atoms with Crippen LogP contribution in [0.15, 0.2) is 54.7 Å². The SMILES string of the molecule is CCCNC(=O)c1ccc(Nc2nccc(-c3cccc(C(N)=O)c3C)n2)cc1. The van der Waals surface area contributed by atoms with Crippen LogP contribution >= 0.6 is 0 Å². The molecule has 0 aliphatic rings. The molecule has 2 amide bonds. The Morgan fingerprint density at radius 1 is 1.07 bits per heavy atom. The second-order valence-corrected chi connectivity index (χ2v) is 6.57. The van der Waals surface area contributed by atoms with E-state index in [-0.39, 0.29) is 5.91 Å². The third kappa shape index (κ3) is 4.76. The van der Waals surface area contributed by atoms with E-state index in [9.17, 15) is 9.59 Å². The molecule has 0 saturated carbocycles. The fourth-order valence-corrected chi connectivity index (χ4v) is 2.92. The summed E-state index contributed by atoms with van der Waals surface area (Å²) in [6.45, 7) is 4.50. The Morgan fingerprint density at radius 3 is 2.52 bits per heavy atom. The number of hydrogen-bond donors (Lipinski definition) is 3. The van der Waals surface area contributed by atoms with Gasteiger partial charge in [0.1, 0.15) is 0 Å². The number of anilines is 2. The van der Waals surface area contributed by atoms with Crippen LogP contribution in [0.5, 0.6) is 0 Å². The Hall–Kier alpha value is -3.74. The van der Waals surface area contributed by atoms with Crippen molar-refractivity contribution >= 4 is 23.5 Å². The summed E-state index contributed by atoms with van der Waals surface area (Å²) < 4.78 is 0. The van der Waals surface area contributed by atoms with E-state index in [1.807, 2.05) is 19.9 Å². The Labute approximate surface area is 169 Å². The zero-order chi connectivity index (χ0) is 20.8. The molecule has 4 N–H and O–H groups in total. The molecule has 29 heavy (non-hydrogen) atoms. The molecule has 0 aliphatic heterocycles. The molecule has 0 fully saturated rings. The molecule has 3 rings (SSSR count). The lowest BCUT2D eigenvalue weighted by Crippen LogP contribution is -2.23. The van der Waals surface area contributed by atoms with E-state index < -0.39 is 5.91 Å². The fraction of sp³-hybridized carbons (Fsp3) is 0.182. The lowest BCUT2D eigenvalue weighted by Gasteiger charge is -2.11. The summed E-state index contributed by atoms with van der Waals surface area (Å²) in [6, 6.07) is 14.2. The van der Waals surface area contributed by atoms with E-state index >= 15 is 0 Å². The molecule has 7 heteroatoms. The molecule has 0 atom stereocenters. The zero-order valence-corrected chi connectivity index (χ0v) is 16.4. The summed E-state index contributed by atoms with van der Waals surface area (Å²) >= 11 is 0. The second-order valence-electron chi connectivity index (χ2n) is 6.57. The van der Waals surface area contributed by atoms with Crippen molar-refractivity contribution < 1.29 is 9.59 Å². The number of nitrogens with two attached hydrogens (primary N) is 1. The third-order valence-electron chi connectivity index (χ3n) is 4.47. The van der Waals surface area contributed by atoms with Crippen molar-refractivity contribution in [2.75, 3.05) is 11.9 Å². The van der Waals surface area contributed by atoms with Crippen LogP contribution in [0.3, 0.4) is 0 Å². The number of aromatic nitrogens is 2. The van der Waals surface area contributed by atoms with E-state index in [0.29, 0.717) is 29.3 Å². The molecule has 1 heterocycles. The number of primary amides is 1. The van der Waals surface area contributed by atoms with Crippen molar-refractivity contribution in [3.05, 3.63) is 71.4 Å². The molecule has 0 bridgehead atoms. The Morgan fingerprint density at radius 2 is 1.83 bits per heavy atom. The van der Waals surface area contributed by atoms with Gasteiger partial charge in [-0.25, -0.2) is 9.97 Å². The average Bonchev–Trinajstić information content (AvgIpc) is 2.72. The molecule has 0 aliphatic carbocycles. The summed E-state index contributed by atoms with van der Waals surface area (Å²) in [5, 5.41) is 5.98. The highest BCUT2D eigenvalue weighted by Gasteiger charge is 2.12. The van der Waals surface area contributed by atoms with Crippen molar-refractivity contribution in [1.82, 2.24) is 15.3 Å². The number of nitrogens with one attached hydrogen (secondary N) is 2. The maximum atomic E-state index is 12.0. The van der Waals surface area contributed by atoms with Crippen LogP contribution in [0.1, 0.15) is 39.6 Å². The molecule has 0 saturated heterocycles. The van der Waals surface area contributed by atoms with Gasteiger partial charge in [-0.2, -0.15) is 0 Å². The first kappa shape index (κ1) is 20.0. The topological polar surface area (TPSA) is 110 Å². The lowest BCUT2D eigenvalue weighted by atomic mass is 9.99. The largest absolute Gasteiger partial charge is 0.366 e. The third-order valence-corrected chi connectivity index (χ3v) is 4.47. The zero-order valence-electron chi connectivity index (χ0n) is 16.4. The standard InChI is InChI=1S/C22H23N5O2/c1-3-12-24-21(29)15-7-9-16(10-8-15)26-22-25-13-11-19(27-22)17-5-4-6-18(14(17)2)20(23)28/h4-11,13H,3,12H2,1-2H3,(H2,23,28)(H,24,29)(H,25,26,27). The second kappa shape index (κ2) is 8.97. The van der Waals surface area contributed by atoms with E-state index in [0.717, 1.165) is 23.2 Å². The summed E-state index contributed by atoms with van der Waals surface area (Å²) in [5.74, 6) is -0.157. The molecular weight excluding hydrogens is 366 g/mol. The number of hydrogen-bond acceptors (Lipinski definition) is 5. The number of carbonyl (C=O) groups is 2. The quantitative estimate of drug-likeness (QED) is 0.573. The molecule has 148 valence electrons. The van der Waals surface area contributed by atoms with Gasteiger partial charge in [-0.15, -0.1) is 0 Å². The minimum Gasteiger partial charge on any atom is -0.366 e. The molecular formula is C22H23N5O2. The van der Waals surface area contributed by atoms with Gasteiger partial charge in [0, 0.05) is 35.1 Å². The van der Waals surface area contributed by atoms with Crippen LogP contribution in [-0.2, 0) is 0 Å². The van der Waals surface area contributed by atoms with Crippen LogP contribution in [0.2, 0.25) is 0 Å². The minimum absolute atomic E-state index is 0.0959.